The zero-order valence-electron chi connectivity index (χ0n) is 17.9. The van der Waals surface area contributed by atoms with E-state index in [-0.39, 0.29) is 22.8 Å². The first kappa shape index (κ1) is 21.4. The molecule has 0 spiro atoms. The minimum atomic E-state index is -0.491. The molecule has 30 heavy (non-hydrogen) atoms. The van der Waals surface area contributed by atoms with Crippen LogP contribution in [0.2, 0.25) is 0 Å². The highest BCUT2D eigenvalue weighted by Gasteiger charge is 2.31. The van der Waals surface area contributed by atoms with Gasteiger partial charge >= 0.3 is 0 Å². The summed E-state index contributed by atoms with van der Waals surface area (Å²) in [5.41, 5.74) is 2.30. The second-order valence-electron chi connectivity index (χ2n) is 7.89. The molecule has 0 unspecified atom stereocenters. The second-order valence-corrected chi connectivity index (χ2v) is 7.89. The Balaban J connectivity index is 1.90. The summed E-state index contributed by atoms with van der Waals surface area (Å²) in [6.07, 6.45) is 10.8. The van der Waals surface area contributed by atoms with Crippen molar-refractivity contribution in [2.75, 3.05) is 7.11 Å². The number of phenols is 1. The van der Waals surface area contributed by atoms with Crippen LogP contribution < -0.4 is 9.47 Å². The van der Waals surface area contributed by atoms with Gasteiger partial charge in [-0.25, -0.2) is 0 Å². The zero-order valence-corrected chi connectivity index (χ0v) is 17.9. The maximum absolute atomic E-state index is 12.8. The number of ketones is 1. The maximum atomic E-state index is 12.8. The molecule has 0 radical (unpaired) electrons. The van der Waals surface area contributed by atoms with Crippen LogP contribution in [0.5, 0.6) is 17.2 Å². The van der Waals surface area contributed by atoms with Crippen molar-refractivity contribution in [3.8, 4) is 17.2 Å². The van der Waals surface area contributed by atoms with Crippen molar-refractivity contribution in [3.63, 3.8) is 0 Å². The number of carbonyl (C=O) groups excluding carboxylic acids is 1. The van der Waals surface area contributed by atoms with E-state index in [0.29, 0.717) is 11.3 Å². The third-order valence-electron chi connectivity index (χ3n) is 5.10. The van der Waals surface area contributed by atoms with Crippen molar-refractivity contribution in [2.45, 2.75) is 39.2 Å². The third-order valence-corrected chi connectivity index (χ3v) is 5.10. The lowest BCUT2D eigenvalue weighted by atomic mass is 9.92. The van der Waals surface area contributed by atoms with E-state index < -0.39 is 5.60 Å². The molecule has 1 N–H and O–H groups in total. The van der Waals surface area contributed by atoms with Crippen LogP contribution in [0.3, 0.4) is 0 Å². The lowest BCUT2D eigenvalue weighted by molar-refractivity contribution is 0.104. The number of hydrogen-bond acceptors (Lipinski definition) is 4. The van der Waals surface area contributed by atoms with Crippen LogP contribution >= 0.6 is 0 Å². The molecule has 1 heterocycles. The molecule has 1 aliphatic rings. The molecule has 0 bridgehead atoms. The fourth-order valence-corrected chi connectivity index (χ4v) is 3.43. The predicted octanol–water partition coefficient (Wildman–Crippen LogP) is 6.21. The largest absolute Gasteiger partial charge is 0.506 e. The van der Waals surface area contributed by atoms with Crippen molar-refractivity contribution >= 4 is 17.9 Å². The number of phenolic OH excluding ortho intramolecular Hbond substituents is 1. The number of methoxy groups -OCH3 is 1. The van der Waals surface area contributed by atoms with Crippen LogP contribution in [0.4, 0.5) is 0 Å². The van der Waals surface area contributed by atoms with Gasteiger partial charge in [-0.3, -0.25) is 4.79 Å². The molecule has 1 atom stereocenters. The first-order valence-corrected chi connectivity index (χ1v) is 10.1. The van der Waals surface area contributed by atoms with Gasteiger partial charge in [-0.1, -0.05) is 48.1 Å². The van der Waals surface area contributed by atoms with Gasteiger partial charge in [0.1, 0.15) is 28.4 Å². The maximum Gasteiger partial charge on any atom is 0.193 e. The highest BCUT2D eigenvalue weighted by Crippen LogP contribution is 2.44. The predicted molar refractivity (Wildman–Crippen MR) is 121 cm³/mol. The first-order chi connectivity index (χ1) is 14.3. The molecule has 0 aromatic heterocycles. The summed E-state index contributed by atoms with van der Waals surface area (Å²) in [6.45, 7) is 6.15. The van der Waals surface area contributed by atoms with Gasteiger partial charge in [-0.05, 0) is 57.4 Å². The smallest absolute Gasteiger partial charge is 0.193 e. The van der Waals surface area contributed by atoms with E-state index in [1.807, 2.05) is 49.4 Å². The van der Waals surface area contributed by atoms with Gasteiger partial charge in [0.05, 0.1) is 12.7 Å². The van der Waals surface area contributed by atoms with Crippen LogP contribution in [0.15, 0.2) is 60.2 Å². The van der Waals surface area contributed by atoms with E-state index in [1.165, 1.54) is 18.8 Å². The Morgan fingerprint density at radius 2 is 1.97 bits per heavy atom. The Bertz CT molecular complexity index is 1010. The normalized spacial score (nSPS) is 17.3. The number of carbonyl (C=O) groups is 1. The third kappa shape index (κ3) is 4.82. The van der Waals surface area contributed by atoms with Gasteiger partial charge in [0.25, 0.3) is 0 Å². The van der Waals surface area contributed by atoms with Gasteiger partial charge in [0.2, 0.25) is 0 Å². The molecule has 2 aromatic carbocycles. The van der Waals surface area contributed by atoms with Crippen LogP contribution in [0.25, 0.3) is 12.2 Å². The van der Waals surface area contributed by atoms with E-state index in [2.05, 4.69) is 19.9 Å². The van der Waals surface area contributed by atoms with Gasteiger partial charge in [-0.15, -0.1) is 0 Å². The molecule has 156 valence electrons. The van der Waals surface area contributed by atoms with Crippen LogP contribution in [-0.4, -0.2) is 23.6 Å². The fraction of sp³-hybridized carbons (Fsp3) is 0.269. The second kappa shape index (κ2) is 9.04. The summed E-state index contributed by atoms with van der Waals surface area (Å²) < 4.78 is 11.6. The standard InChI is InChI=1S/C26H28O4/c1-18(2)9-8-15-26(3)16-14-20-22(30-26)17-23(29-4)24(25(20)28)21(27)13-12-19-10-6-5-7-11-19/h5-7,9-14,16-17,28H,8,15H2,1-4H3/t26-/m0/s1. The highest BCUT2D eigenvalue weighted by atomic mass is 16.5. The number of aromatic hydroxyl groups is 1. The molecule has 1 aliphatic heterocycles. The Hall–Kier alpha value is -3.27. The average molecular weight is 405 g/mol. The molecule has 0 saturated carbocycles. The quantitative estimate of drug-likeness (QED) is 0.339. The molecule has 0 fully saturated rings. The molecule has 3 rings (SSSR count). The topological polar surface area (TPSA) is 55.8 Å². The van der Waals surface area contributed by atoms with Crippen molar-refractivity contribution in [3.05, 3.63) is 76.9 Å². The average Bonchev–Trinajstić information content (AvgIpc) is 2.72. The summed E-state index contributed by atoms with van der Waals surface area (Å²) in [4.78, 5) is 12.8. The van der Waals surface area contributed by atoms with E-state index in [1.54, 1.807) is 12.1 Å². The Morgan fingerprint density at radius 3 is 2.63 bits per heavy atom. The van der Waals surface area contributed by atoms with Gasteiger partial charge in [0, 0.05) is 6.07 Å². The zero-order chi connectivity index (χ0) is 21.7. The summed E-state index contributed by atoms with van der Waals surface area (Å²) in [5, 5.41) is 10.9. The number of ether oxygens (including phenoxy) is 2. The summed E-state index contributed by atoms with van der Waals surface area (Å²) >= 11 is 0. The van der Waals surface area contributed by atoms with Crippen LogP contribution in [0, 0.1) is 0 Å². The monoisotopic (exact) mass is 404 g/mol. The fourth-order valence-electron chi connectivity index (χ4n) is 3.43. The summed E-state index contributed by atoms with van der Waals surface area (Å²) in [5.74, 6) is 0.335. The first-order valence-electron chi connectivity index (χ1n) is 10.1. The van der Waals surface area contributed by atoms with Crippen molar-refractivity contribution < 1.29 is 19.4 Å². The molecule has 0 amide bonds. The Morgan fingerprint density at radius 1 is 1.23 bits per heavy atom. The minimum absolute atomic E-state index is 0.129. The van der Waals surface area contributed by atoms with E-state index in [9.17, 15) is 9.90 Å². The van der Waals surface area contributed by atoms with Crippen LogP contribution in [-0.2, 0) is 0 Å². The van der Waals surface area contributed by atoms with Crippen molar-refractivity contribution in [1.29, 1.82) is 0 Å². The van der Waals surface area contributed by atoms with E-state index in [4.69, 9.17) is 9.47 Å². The van der Waals surface area contributed by atoms with E-state index >= 15 is 0 Å². The molecule has 4 heteroatoms. The summed E-state index contributed by atoms with van der Waals surface area (Å²) in [7, 11) is 1.48. The minimum Gasteiger partial charge on any atom is -0.506 e. The molecular weight excluding hydrogens is 376 g/mol. The number of fused-ring (bicyclic) bond motifs is 1. The number of hydrogen-bond donors (Lipinski definition) is 1. The molecule has 0 aliphatic carbocycles. The lowest BCUT2D eigenvalue weighted by Crippen LogP contribution is -2.31. The highest BCUT2D eigenvalue weighted by molar-refractivity contribution is 6.11. The van der Waals surface area contributed by atoms with Gasteiger partial charge in [-0.2, -0.15) is 0 Å². The number of benzene rings is 2. The van der Waals surface area contributed by atoms with Gasteiger partial charge in [0.15, 0.2) is 5.78 Å². The summed E-state index contributed by atoms with van der Waals surface area (Å²) in [6, 6.07) is 11.2. The van der Waals surface area contributed by atoms with Crippen molar-refractivity contribution in [2.24, 2.45) is 0 Å². The molecular formula is C26H28O4. The molecule has 0 saturated heterocycles. The van der Waals surface area contributed by atoms with Crippen molar-refractivity contribution in [1.82, 2.24) is 0 Å². The van der Waals surface area contributed by atoms with Crippen LogP contribution in [0.1, 0.15) is 55.1 Å². The molecule has 4 nitrogen and oxygen atoms in total. The number of rotatable bonds is 7. The Kier molecular flexibility index (Phi) is 6.46. The lowest BCUT2D eigenvalue weighted by Gasteiger charge is -2.32. The molecule has 2 aromatic rings. The number of allylic oxidation sites excluding steroid dienone is 3. The SMILES string of the molecule is COc1cc2c(c(O)c1C(=O)C=Cc1ccccc1)C=C[C@](C)(CCC=C(C)C)O2. The van der Waals surface area contributed by atoms with E-state index in [0.717, 1.165) is 18.4 Å². The Labute approximate surface area is 178 Å². The van der Waals surface area contributed by atoms with Gasteiger partial charge < -0.3 is 14.6 Å².